The fourth-order valence-corrected chi connectivity index (χ4v) is 3.22. The van der Waals surface area contributed by atoms with Crippen molar-refractivity contribution in [3.8, 4) is 0 Å². The van der Waals surface area contributed by atoms with Gasteiger partial charge in [0.1, 0.15) is 0 Å². The van der Waals surface area contributed by atoms with Crippen LogP contribution in [0.5, 0.6) is 0 Å². The predicted octanol–water partition coefficient (Wildman–Crippen LogP) is 1.43. The summed E-state index contributed by atoms with van der Waals surface area (Å²) in [5, 5.41) is 8.86. The van der Waals surface area contributed by atoms with E-state index < -0.39 is 0 Å². The van der Waals surface area contributed by atoms with Crippen LogP contribution in [0.25, 0.3) is 0 Å². The van der Waals surface area contributed by atoms with Gasteiger partial charge in [0.05, 0.1) is 11.8 Å². The van der Waals surface area contributed by atoms with E-state index in [1.54, 1.807) is 0 Å². The number of aliphatic hydroxyl groups excluding tert-OH is 1. The molecule has 2 fully saturated rings. The SMILES string of the molecule is CC(C)(CCCO)CN1C(=O)C2C(C1=O)C2(C)C. The quantitative estimate of drug-likeness (QED) is 0.754. The van der Waals surface area contributed by atoms with Crippen LogP contribution in [-0.4, -0.2) is 35.0 Å². The summed E-state index contributed by atoms with van der Waals surface area (Å²) in [5.74, 6) is -0.156. The first-order valence-corrected chi connectivity index (χ1v) is 6.68. The highest BCUT2D eigenvalue weighted by atomic mass is 16.3. The summed E-state index contributed by atoms with van der Waals surface area (Å²) in [6, 6.07) is 0. The highest BCUT2D eigenvalue weighted by Gasteiger charge is 2.72. The van der Waals surface area contributed by atoms with Crippen LogP contribution in [0.3, 0.4) is 0 Å². The Hall–Kier alpha value is -0.900. The van der Waals surface area contributed by atoms with E-state index >= 15 is 0 Å². The van der Waals surface area contributed by atoms with Crippen molar-refractivity contribution in [3.05, 3.63) is 0 Å². The summed E-state index contributed by atoms with van der Waals surface area (Å²) in [6.45, 7) is 8.70. The van der Waals surface area contributed by atoms with Crippen molar-refractivity contribution in [2.24, 2.45) is 22.7 Å². The van der Waals surface area contributed by atoms with Crippen LogP contribution < -0.4 is 0 Å². The summed E-state index contributed by atoms with van der Waals surface area (Å²) in [5.41, 5.74) is -0.241. The van der Waals surface area contributed by atoms with Crippen LogP contribution in [0.2, 0.25) is 0 Å². The van der Waals surface area contributed by atoms with Gasteiger partial charge < -0.3 is 5.11 Å². The molecule has 0 aromatic heterocycles. The van der Waals surface area contributed by atoms with Crippen molar-refractivity contribution < 1.29 is 14.7 Å². The molecule has 1 heterocycles. The molecule has 2 rings (SSSR count). The Bertz CT molecular complexity index is 363. The molecule has 2 atom stereocenters. The molecule has 4 nitrogen and oxygen atoms in total. The van der Waals surface area contributed by atoms with Crippen LogP contribution in [0.4, 0.5) is 0 Å². The average molecular weight is 253 g/mol. The Morgan fingerprint density at radius 3 is 2.17 bits per heavy atom. The third-order valence-corrected chi connectivity index (χ3v) is 4.49. The molecule has 2 amide bonds. The molecule has 0 spiro atoms. The first-order chi connectivity index (χ1) is 8.22. The lowest BCUT2D eigenvalue weighted by Crippen LogP contribution is -2.42. The van der Waals surface area contributed by atoms with Crippen molar-refractivity contribution in [2.45, 2.75) is 40.5 Å². The Balaban J connectivity index is 2.01. The molecule has 0 aromatic rings. The second-order valence-corrected chi connectivity index (χ2v) is 7.03. The molecular weight excluding hydrogens is 230 g/mol. The van der Waals surface area contributed by atoms with Crippen LogP contribution in [0.1, 0.15) is 40.5 Å². The number of piperidine rings is 1. The van der Waals surface area contributed by atoms with Crippen LogP contribution in [0, 0.1) is 22.7 Å². The maximum atomic E-state index is 12.2. The molecule has 4 heteroatoms. The minimum Gasteiger partial charge on any atom is -0.396 e. The maximum absolute atomic E-state index is 12.2. The lowest BCUT2D eigenvalue weighted by molar-refractivity contribution is -0.144. The second-order valence-electron chi connectivity index (χ2n) is 7.03. The van der Waals surface area contributed by atoms with Gasteiger partial charge in [-0.05, 0) is 23.7 Å². The van der Waals surface area contributed by atoms with Gasteiger partial charge in [-0.3, -0.25) is 14.5 Å². The van der Waals surface area contributed by atoms with Gasteiger partial charge in [0, 0.05) is 13.2 Å². The van der Waals surface area contributed by atoms with Gasteiger partial charge in [-0.15, -0.1) is 0 Å². The Morgan fingerprint density at radius 1 is 1.22 bits per heavy atom. The van der Waals surface area contributed by atoms with Crippen molar-refractivity contribution in [1.82, 2.24) is 4.90 Å². The van der Waals surface area contributed by atoms with Crippen LogP contribution in [0.15, 0.2) is 0 Å². The van der Waals surface area contributed by atoms with Gasteiger partial charge in [0.2, 0.25) is 11.8 Å². The molecule has 102 valence electrons. The van der Waals surface area contributed by atoms with E-state index in [1.807, 2.05) is 27.7 Å². The zero-order chi connectivity index (χ0) is 13.7. The number of carbonyl (C=O) groups is 2. The first kappa shape index (κ1) is 13.5. The second kappa shape index (κ2) is 4.05. The standard InChI is InChI=1S/C14H23NO3/c1-13(2,6-5-7-16)8-15-11(17)9-10(12(15)18)14(9,3)4/h9-10,16H,5-8H2,1-4H3. The average Bonchev–Trinajstić information content (AvgIpc) is 2.74. The lowest BCUT2D eigenvalue weighted by atomic mass is 9.87. The highest BCUT2D eigenvalue weighted by molar-refractivity contribution is 6.10. The van der Waals surface area contributed by atoms with E-state index in [1.165, 1.54) is 4.90 Å². The van der Waals surface area contributed by atoms with E-state index in [0.29, 0.717) is 13.0 Å². The predicted molar refractivity (Wildman–Crippen MR) is 67.6 cm³/mol. The molecular formula is C14H23NO3. The van der Waals surface area contributed by atoms with Gasteiger partial charge in [-0.1, -0.05) is 27.7 Å². The summed E-state index contributed by atoms with van der Waals surface area (Å²) in [7, 11) is 0. The van der Waals surface area contributed by atoms with Crippen molar-refractivity contribution >= 4 is 11.8 Å². The number of hydrogen-bond donors (Lipinski definition) is 1. The number of fused-ring (bicyclic) bond motifs is 1. The zero-order valence-corrected chi connectivity index (χ0v) is 11.7. The molecule has 0 bridgehead atoms. The molecule has 2 unspecified atom stereocenters. The number of likely N-dealkylation sites (tertiary alicyclic amines) is 1. The molecule has 18 heavy (non-hydrogen) atoms. The third kappa shape index (κ3) is 1.96. The van der Waals surface area contributed by atoms with Crippen LogP contribution >= 0.6 is 0 Å². The molecule has 0 radical (unpaired) electrons. The highest BCUT2D eigenvalue weighted by Crippen LogP contribution is 2.63. The van der Waals surface area contributed by atoms with Gasteiger partial charge in [0.15, 0.2) is 0 Å². The van der Waals surface area contributed by atoms with E-state index in [2.05, 4.69) is 0 Å². The Labute approximate surface area is 108 Å². The van der Waals surface area contributed by atoms with E-state index in [0.717, 1.165) is 6.42 Å². The molecule has 2 aliphatic rings. The van der Waals surface area contributed by atoms with Crippen molar-refractivity contribution in [1.29, 1.82) is 0 Å². The molecule has 1 saturated carbocycles. The molecule has 1 saturated heterocycles. The Morgan fingerprint density at radius 2 is 1.72 bits per heavy atom. The summed E-state index contributed by atoms with van der Waals surface area (Å²) >= 11 is 0. The maximum Gasteiger partial charge on any atom is 0.233 e. The normalized spacial score (nSPS) is 29.7. The smallest absolute Gasteiger partial charge is 0.233 e. The monoisotopic (exact) mass is 253 g/mol. The molecule has 1 aliphatic carbocycles. The zero-order valence-electron chi connectivity index (χ0n) is 11.7. The first-order valence-electron chi connectivity index (χ1n) is 6.68. The number of hydrogen-bond acceptors (Lipinski definition) is 3. The number of carbonyl (C=O) groups excluding carboxylic acids is 2. The number of rotatable bonds is 5. The summed E-state index contributed by atoms with van der Waals surface area (Å²) in [4.78, 5) is 25.8. The van der Waals surface area contributed by atoms with Crippen molar-refractivity contribution in [3.63, 3.8) is 0 Å². The van der Waals surface area contributed by atoms with E-state index in [9.17, 15) is 9.59 Å². The van der Waals surface area contributed by atoms with E-state index in [-0.39, 0.29) is 41.1 Å². The third-order valence-electron chi connectivity index (χ3n) is 4.49. The van der Waals surface area contributed by atoms with Gasteiger partial charge in [-0.2, -0.15) is 0 Å². The fourth-order valence-electron chi connectivity index (χ4n) is 3.22. The molecule has 0 aromatic carbocycles. The number of aliphatic hydroxyl groups is 1. The number of nitrogens with zero attached hydrogens (tertiary/aromatic N) is 1. The van der Waals surface area contributed by atoms with Gasteiger partial charge in [-0.25, -0.2) is 0 Å². The molecule has 1 aliphatic heterocycles. The van der Waals surface area contributed by atoms with Crippen molar-refractivity contribution in [2.75, 3.05) is 13.2 Å². The lowest BCUT2D eigenvalue weighted by Gasteiger charge is -2.31. The largest absolute Gasteiger partial charge is 0.396 e. The topological polar surface area (TPSA) is 57.6 Å². The summed E-state index contributed by atoms with van der Waals surface area (Å²) < 4.78 is 0. The molecule has 1 N–H and O–H groups in total. The summed E-state index contributed by atoms with van der Waals surface area (Å²) in [6.07, 6.45) is 1.53. The van der Waals surface area contributed by atoms with Gasteiger partial charge >= 0.3 is 0 Å². The number of imide groups is 1. The van der Waals surface area contributed by atoms with Crippen LogP contribution in [-0.2, 0) is 9.59 Å². The minimum atomic E-state index is -0.125. The van der Waals surface area contributed by atoms with E-state index in [4.69, 9.17) is 5.11 Å². The minimum absolute atomic E-state index is 0.00655. The van der Waals surface area contributed by atoms with Gasteiger partial charge in [0.25, 0.3) is 0 Å². The fraction of sp³-hybridized carbons (Fsp3) is 0.857. The Kier molecular flexibility index (Phi) is 3.05. The number of amides is 2.